The predicted molar refractivity (Wildman–Crippen MR) is 52.9 cm³/mol. The number of alkyl halides is 2. The highest BCUT2D eigenvalue weighted by Crippen LogP contribution is 2.26. The molecule has 0 bridgehead atoms. The third-order valence-electron chi connectivity index (χ3n) is 1.76. The number of aliphatic carboxylic acids is 1. The molecule has 0 saturated carbocycles. The highest BCUT2D eigenvalue weighted by atomic mass is 79.9. The monoisotopic (exact) mass is 290 g/mol. The van der Waals surface area contributed by atoms with E-state index in [1.807, 2.05) is 0 Å². The van der Waals surface area contributed by atoms with Gasteiger partial charge in [-0.1, -0.05) is 0 Å². The zero-order valence-corrected chi connectivity index (χ0v) is 9.33. The van der Waals surface area contributed by atoms with E-state index in [1.54, 1.807) is 6.07 Å². The Balaban J connectivity index is 3.31. The minimum atomic E-state index is -2.86. The van der Waals surface area contributed by atoms with E-state index in [4.69, 9.17) is 10.4 Å². The number of halogens is 3. The number of carbonyl (C=O) groups is 1. The van der Waals surface area contributed by atoms with Crippen molar-refractivity contribution >= 4 is 21.9 Å². The van der Waals surface area contributed by atoms with Crippen LogP contribution >= 0.6 is 15.9 Å². The lowest BCUT2D eigenvalue weighted by Crippen LogP contribution is -2.07. The lowest BCUT2D eigenvalue weighted by Gasteiger charge is -2.07. The molecule has 0 aliphatic carbocycles. The van der Waals surface area contributed by atoms with Crippen LogP contribution in [0.25, 0.3) is 0 Å². The van der Waals surface area contributed by atoms with Crippen molar-refractivity contribution in [2.45, 2.75) is 12.8 Å². The van der Waals surface area contributed by atoms with Gasteiger partial charge in [-0.05, 0) is 22.0 Å². The van der Waals surface area contributed by atoms with Crippen molar-refractivity contribution in [1.29, 1.82) is 5.26 Å². The Hall–Kier alpha value is -1.55. The number of nitrogens with zero attached hydrogens (tertiary/aromatic N) is 2. The Bertz CT molecular complexity index is 471. The van der Waals surface area contributed by atoms with Crippen LogP contribution in [0.1, 0.15) is 23.2 Å². The lowest BCUT2D eigenvalue weighted by molar-refractivity contribution is -0.136. The smallest absolute Gasteiger partial charge is 0.309 e. The fraction of sp³-hybridized carbons (Fsp3) is 0.222. The van der Waals surface area contributed by atoms with Crippen LogP contribution in [0.15, 0.2) is 10.7 Å². The SMILES string of the molecule is N#Cc1cc(C(F)F)c(CC(=O)O)nc1Br. The number of hydrogen-bond donors (Lipinski definition) is 1. The average Bonchev–Trinajstić information content (AvgIpc) is 2.16. The van der Waals surface area contributed by atoms with Crippen molar-refractivity contribution in [2.24, 2.45) is 0 Å². The largest absolute Gasteiger partial charge is 0.481 e. The molecular weight excluding hydrogens is 286 g/mol. The zero-order valence-electron chi connectivity index (χ0n) is 7.75. The Morgan fingerprint density at radius 2 is 2.31 bits per heavy atom. The van der Waals surface area contributed by atoms with Crippen molar-refractivity contribution < 1.29 is 18.7 Å². The molecule has 16 heavy (non-hydrogen) atoms. The highest BCUT2D eigenvalue weighted by molar-refractivity contribution is 9.10. The van der Waals surface area contributed by atoms with Crippen LogP contribution in [-0.2, 0) is 11.2 Å². The molecule has 1 N–H and O–H groups in total. The number of hydrogen-bond acceptors (Lipinski definition) is 3. The molecule has 0 atom stereocenters. The molecule has 1 rings (SSSR count). The zero-order chi connectivity index (χ0) is 12.3. The van der Waals surface area contributed by atoms with Gasteiger partial charge in [-0.2, -0.15) is 5.26 Å². The van der Waals surface area contributed by atoms with Crippen molar-refractivity contribution in [1.82, 2.24) is 4.98 Å². The molecule has 7 heteroatoms. The van der Waals surface area contributed by atoms with Gasteiger partial charge in [-0.15, -0.1) is 0 Å². The summed E-state index contributed by atoms with van der Waals surface area (Å²) in [4.78, 5) is 14.1. The fourth-order valence-corrected chi connectivity index (χ4v) is 1.51. The topological polar surface area (TPSA) is 74.0 Å². The summed E-state index contributed by atoms with van der Waals surface area (Å²) in [7, 11) is 0. The van der Waals surface area contributed by atoms with Gasteiger partial charge in [0, 0.05) is 5.56 Å². The van der Waals surface area contributed by atoms with Crippen molar-refractivity contribution in [2.75, 3.05) is 0 Å². The first kappa shape index (κ1) is 12.5. The summed E-state index contributed by atoms with van der Waals surface area (Å²) in [5.41, 5.74) is -0.819. The molecule has 0 unspecified atom stereocenters. The molecule has 1 aromatic rings. The molecule has 0 aliphatic rings. The molecule has 84 valence electrons. The van der Waals surface area contributed by atoms with Crippen LogP contribution in [-0.4, -0.2) is 16.1 Å². The first-order valence-electron chi connectivity index (χ1n) is 4.05. The van der Waals surface area contributed by atoms with Gasteiger partial charge in [0.05, 0.1) is 17.7 Å². The molecule has 0 radical (unpaired) electrons. The second-order valence-electron chi connectivity index (χ2n) is 2.85. The summed E-state index contributed by atoms with van der Waals surface area (Å²) in [6.45, 7) is 0. The number of rotatable bonds is 3. The quantitative estimate of drug-likeness (QED) is 0.867. The van der Waals surface area contributed by atoms with E-state index < -0.39 is 24.4 Å². The minimum Gasteiger partial charge on any atom is -0.481 e. The van der Waals surface area contributed by atoms with E-state index >= 15 is 0 Å². The number of carboxylic acids is 1. The standard InChI is InChI=1S/C9H5BrF2N2O2/c10-8-4(3-13)1-5(9(11)12)6(14-8)2-7(15)16/h1,9H,2H2,(H,15,16). The van der Waals surface area contributed by atoms with E-state index in [1.165, 1.54) is 0 Å². The maximum absolute atomic E-state index is 12.6. The average molecular weight is 291 g/mol. The first-order valence-corrected chi connectivity index (χ1v) is 4.84. The summed E-state index contributed by atoms with van der Waals surface area (Å²) >= 11 is 2.91. The molecule has 0 saturated heterocycles. The highest BCUT2D eigenvalue weighted by Gasteiger charge is 2.19. The number of nitriles is 1. The molecule has 0 aromatic carbocycles. The van der Waals surface area contributed by atoms with Crippen molar-refractivity contribution in [3.8, 4) is 6.07 Å². The molecule has 1 aromatic heterocycles. The molecule has 0 aliphatic heterocycles. The Morgan fingerprint density at radius 3 is 2.75 bits per heavy atom. The summed E-state index contributed by atoms with van der Waals surface area (Å²) < 4.78 is 25.2. The van der Waals surface area contributed by atoms with Gasteiger partial charge in [-0.25, -0.2) is 13.8 Å². The van der Waals surface area contributed by atoms with Gasteiger partial charge >= 0.3 is 5.97 Å². The van der Waals surface area contributed by atoms with Gasteiger partial charge in [0.2, 0.25) is 0 Å². The van der Waals surface area contributed by atoms with Crippen LogP contribution in [0.5, 0.6) is 0 Å². The van der Waals surface area contributed by atoms with Crippen molar-refractivity contribution in [3.63, 3.8) is 0 Å². The lowest BCUT2D eigenvalue weighted by atomic mass is 10.1. The maximum atomic E-state index is 12.6. The van der Waals surface area contributed by atoms with Crippen LogP contribution in [0.4, 0.5) is 8.78 Å². The Morgan fingerprint density at radius 1 is 1.69 bits per heavy atom. The van der Waals surface area contributed by atoms with Crippen LogP contribution < -0.4 is 0 Å². The minimum absolute atomic E-state index is 0.0514. The van der Waals surface area contributed by atoms with Gasteiger partial charge < -0.3 is 5.11 Å². The van der Waals surface area contributed by atoms with E-state index in [0.717, 1.165) is 6.07 Å². The number of carboxylic acid groups (broad SMARTS) is 1. The summed E-state index contributed by atoms with van der Waals surface area (Å²) in [5, 5.41) is 17.1. The van der Waals surface area contributed by atoms with Gasteiger partial charge in [0.25, 0.3) is 6.43 Å². The second-order valence-corrected chi connectivity index (χ2v) is 3.60. The normalized spacial score (nSPS) is 10.2. The van der Waals surface area contributed by atoms with Gasteiger partial charge in [-0.3, -0.25) is 4.79 Å². The van der Waals surface area contributed by atoms with E-state index in [2.05, 4.69) is 20.9 Å². The first-order chi connectivity index (χ1) is 7.45. The number of aromatic nitrogens is 1. The predicted octanol–water partition coefficient (Wildman–Crippen LogP) is 2.28. The summed E-state index contributed by atoms with van der Waals surface area (Å²) in [6, 6.07) is 2.63. The van der Waals surface area contributed by atoms with Crippen LogP contribution in [0, 0.1) is 11.3 Å². The third-order valence-corrected chi connectivity index (χ3v) is 2.37. The summed E-state index contributed by atoms with van der Waals surface area (Å²) in [6.07, 6.45) is -3.47. The van der Waals surface area contributed by atoms with Crippen LogP contribution in [0.3, 0.4) is 0 Å². The molecule has 1 heterocycles. The van der Waals surface area contributed by atoms with Crippen molar-refractivity contribution in [3.05, 3.63) is 27.5 Å². The van der Waals surface area contributed by atoms with Crippen LogP contribution in [0.2, 0.25) is 0 Å². The van der Waals surface area contributed by atoms with E-state index in [9.17, 15) is 13.6 Å². The Labute approximate surface area is 97.7 Å². The van der Waals surface area contributed by atoms with E-state index in [-0.39, 0.29) is 15.9 Å². The van der Waals surface area contributed by atoms with Gasteiger partial charge in [0.15, 0.2) is 0 Å². The second kappa shape index (κ2) is 4.99. The summed E-state index contributed by atoms with van der Waals surface area (Å²) in [5.74, 6) is -1.26. The van der Waals surface area contributed by atoms with E-state index in [0.29, 0.717) is 0 Å². The molecular formula is C9H5BrF2N2O2. The maximum Gasteiger partial charge on any atom is 0.309 e. The Kier molecular flexibility index (Phi) is 3.90. The third kappa shape index (κ3) is 2.73. The fourth-order valence-electron chi connectivity index (χ4n) is 1.09. The molecule has 0 spiro atoms. The van der Waals surface area contributed by atoms with Gasteiger partial charge in [0.1, 0.15) is 10.7 Å². The molecule has 0 fully saturated rings. The number of pyridine rings is 1. The molecule has 4 nitrogen and oxygen atoms in total. The molecule has 0 amide bonds.